The molecule has 0 aliphatic carbocycles. The van der Waals surface area contributed by atoms with Crippen molar-refractivity contribution < 1.29 is 4.79 Å². The predicted octanol–water partition coefficient (Wildman–Crippen LogP) is 1.29. The van der Waals surface area contributed by atoms with Gasteiger partial charge in [-0.05, 0) is 51.5 Å². The minimum atomic E-state index is -0.0418. The second-order valence-corrected chi connectivity index (χ2v) is 6.99. The number of carbonyl (C=O) groups is 1. The number of hydrogen-bond acceptors (Lipinski definition) is 6. The Morgan fingerprint density at radius 3 is 3.12 bits per heavy atom. The molecule has 1 amide bonds. The minimum Gasteiger partial charge on any atom is -0.356 e. The minimum absolute atomic E-state index is 0.0418. The Morgan fingerprint density at radius 1 is 1.48 bits per heavy atom. The monoisotopic (exact) mass is 365 g/mol. The SMILES string of the molecule is CN(C)CCCNC(=O)[C@@H]1CCCN(c2nc(Cl)nc3nc[nH]c23)C1. The third kappa shape index (κ3) is 4.38. The van der Waals surface area contributed by atoms with Crippen molar-refractivity contribution in [2.75, 3.05) is 45.2 Å². The Morgan fingerprint density at radius 2 is 2.32 bits per heavy atom. The number of nitrogens with one attached hydrogen (secondary N) is 2. The van der Waals surface area contributed by atoms with Crippen LogP contribution in [0.5, 0.6) is 0 Å². The molecule has 0 bridgehead atoms. The van der Waals surface area contributed by atoms with Crippen LogP contribution in [0.3, 0.4) is 0 Å². The van der Waals surface area contributed by atoms with Gasteiger partial charge in [-0.15, -0.1) is 0 Å². The molecular weight excluding hydrogens is 342 g/mol. The van der Waals surface area contributed by atoms with Crippen molar-refractivity contribution in [3.05, 3.63) is 11.6 Å². The molecule has 2 aromatic heterocycles. The number of piperidine rings is 1. The van der Waals surface area contributed by atoms with Crippen LogP contribution in [0.25, 0.3) is 11.2 Å². The van der Waals surface area contributed by atoms with E-state index in [-0.39, 0.29) is 17.1 Å². The number of fused-ring (bicyclic) bond motifs is 1. The van der Waals surface area contributed by atoms with Gasteiger partial charge in [0.2, 0.25) is 11.2 Å². The Labute approximate surface area is 152 Å². The average Bonchev–Trinajstić information content (AvgIpc) is 3.06. The van der Waals surface area contributed by atoms with E-state index in [0.717, 1.165) is 43.7 Å². The third-order valence-corrected chi connectivity index (χ3v) is 4.58. The summed E-state index contributed by atoms with van der Waals surface area (Å²) in [7, 11) is 4.06. The van der Waals surface area contributed by atoms with Crippen LogP contribution in [-0.4, -0.2) is 71.0 Å². The maximum atomic E-state index is 12.5. The zero-order chi connectivity index (χ0) is 17.8. The van der Waals surface area contributed by atoms with Crippen molar-refractivity contribution >= 4 is 34.5 Å². The number of imidazole rings is 1. The number of hydrogen-bond donors (Lipinski definition) is 2. The molecule has 3 heterocycles. The van der Waals surface area contributed by atoms with Gasteiger partial charge in [0, 0.05) is 19.6 Å². The number of H-pyrrole nitrogens is 1. The van der Waals surface area contributed by atoms with E-state index in [2.05, 4.69) is 35.1 Å². The Kier molecular flexibility index (Phi) is 5.70. The fourth-order valence-electron chi connectivity index (χ4n) is 3.16. The number of aromatic amines is 1. The Hall–Kier alpha value is -1.93. The summed E-state index contributed by atoms with van der Waals surface area (Å²) in [6.07, 6.45) is 4.36. The molecule has 2 N–H and O–H groups in total. The van der Waals surface area contributed by atoms with Gasteiger partial charge in [-0.3, -0.25) is 4.79 Å². The van der Waals surface area contributed by atoms with Crippen LogP contribution in [0.1, 0.15) is 19.3 Å². The molecule has 0 saturated carbocycles. The molecule has 1 aliphatic rings. The molecule has 3 rings (SSSR count). The molecule has 0 unspecified atom stereocenters. The van der Waals surface area contributed by atoms with Gasteiger partial charge in [0.05, 0.1) is 12.2 Å². The quantitative estimate of drug-likeness (QED) is 0.592. The van der Waals surface area contributed by atoms with Gasteiger partial charge in [-0.1, -0.05) is 0 Å². The van der Waals surface area contributed by atoms with Crippen LogP contribution < -0.4 is 10.2 Å². The highest BCUT2D eigenvalue weighted by molar-refractivity contribution is 6.28. The van der Waals surface area contributed by atoms with Crippen molar-refractivity contribution in [2.24, 2.45) is 5.92 Å². The van der Waals surface area contributed by atoms with E-state index in [9.17, 15) is 4.79 Å². The van der Waals surface area contributed by atoms with Gasteiger partial charge >= 0.3 is 0 Å². The van der Waals surface area contributed by atoms with Crippen LogP contribution in [0, 0.1) is 5.92 Å². The smallest absolute Gasteiger partial charge is 0.226 e. The van der Waals surface area contributed by atoms with Crippen LogP contribution in [-0.2, 0) is 4.79 Å². The fourth-order valence-corrected chi connectivity index (χ4v) is 3.32. The number of carbonyl (C=O) groups excluding carboxylic acids is 1. The van der Waals surface area contributed by atoms with Crippen LogP contribution in [0.15, 0.2) is 6.33 Å². The van der Waals surface area contributed by atoms with E-state index in [1.807, 2.05) is 14.1 Å². The third-order valence-electron chi connectivity index (χ3n) is 4.41. The number of nitrogens with zero attached hydrogens (tertiary/aromatic N) is 5. The number of rotatable bonds is 6. The van der Waals surface area contributed by atoms with E-state index in [0.29, 0.717) is 18.7 Å². The van der Waals surface area contributed by atoms with Crippen LogP contribution in [0.2, 0.25) is 5.28 Å². The summed E-state index contributed by atoms with van der Waals surface area (Å²) in [5.41, 5.74) is 1.31. The molecule has 9 heteroatoms. The second-order valence-electron chi connectivity index (χ2n) is 6.65. The first-order valence-electron chi connectivity index (χ1n) is 8.58. The molecule has 136 valence electrons. The highest BCUT2D eigenvalue weighted by atomic mass is 35.5. The van der Waals surface area contributed by atoms with Crippen molar-refractivity contribution in [3.8, 4) is 0 Å². The predicted molar refractivity (Wildman–Crippen MR) is 97.8 cm³/mol. The zero-order valence-electron chi connectivity index (χ0n) is 14.6. The maximum Gasteiger partial charge on any atom is 0.226 e. The lowest BCUT2D eigenvalue weighted by Crippen LogP contribution is -2.44. The molecule has 25 heavy (non-hydrogen) atoms. The lowest BCUT2D eigenvalue weighted by molar-refractivity contribution is -0.125. The molecule has 8 nitrogen and oxygen atoms in total. The van der Waals surface area contributed by atoms with E-state index in [4.69, 9.17) is 11.6 Å². The highest BCUT2D eigenvalue weighted by Crippen LogP contribution is 2.27. The number of amides is 1. The highest BCUT2D eigenvalue weighted by Gasteiger charge is 2.28. The first-order chi connectivity index (χ1) is 12.0. The summed E-state index contributed by atoms with van der Waals surface area (Å²) in [6.45, 7) is 3.14. The summed E-state index contributed by atoms with van der Waals surface area (Å²) in [4.78, 5) is 32.4. The first kappa shape index (κ1) is 17.9. The molecule has 0 aromatic carbocycles. The first-order valence-corrected chi connectivity index (χ1v) is 8.96. The Bertz CT molecular complexity index is 732. The second kappa shape index (κ2) is 7.97. The summed E-state index contributed by atoms with van der Waals surface area (Å²) in [6, 6.07) is 0. The van der Waals surface area contributed by atoms with E-state index < -0.39 is 0 Å². The number of anilines is 1. The van der Waals surface area contributed by atoms with E-state index in [1.165, 1.54) is 0 Å². The topological polar surface area (TPSA) is 90.0 Å². The van der Waals surface area contributed by atoms with Gasteiger partial charge in [0.1, 0.15) is 5.52 Å². The number of aromatic nitrogens is 4. The summed E-state index contributed by atoms with van der Waals surface area (Å²) in [5.74, 6) is 0.793. The van der Waals surface area contributed by atoms with Gasteiger partial charge in [0.15, 0.2) is 11.5 Å². The average molecular weight is 366 g/mol. The van der Waals surface area contributed by atoms with Gasteiger partial charge < -0.3 is 20.1 Å². The van der Waals surface area contributed by atoms with Crippen LogP contribution in [0.4, 0.5) is 5.82 Å². The van der Waals surface area contributed by atoms with Crippen LogP contribution >= 0.6 is 11.6 Å². The van der Waals surface area contributed by atoms with Crippen molar-refractivity contribution in [2.45, 2.75) is 19.3 Å². The van der Waals surface area contributed by atoms with Crippen molar-refractivity contribution in [1.82, 2.24) is 30.2 Å². The lowest BCUT2D eigenvalue weighted by atomic mass is 9.97. The Balaban J connectivity index is 1.64. The molecule has 0 spiro atoms. The van der Waals surface area contributed by atoms with Gasteiger partial charge in [-0.2, -0.15) is 9.97 Å². The lowest BCUT2D eigenvalue weighted by Gasteiger charge is -2.33. The van der Waals surface area contributed by atoms with E-state index in [1.54, 1.807) is 6.33 Å². The largest absolute Gasteiger partial charge is 0.356 e. The summed E-state index contributed by atoms with van der Waals surface area (Å²) in [5, 5.41) is 3.22. The van der Waals surface area contributed by atoms with Crippen molar-refractivity contribution in [1.29, 1.82) is 0 Å². The molecule has 0 radical (unpaired) electrons. The van der Waals surface area contributed by atoms with Gasteiger partial charge in [0.25, 0.3) is 0 Å². The molecular formula is C16H24ClN7O. The summed E-state index contributed by atoms with van der Waals surface area (Å²) >= 11 is 6.02. The van der Waals surface area contributed by atoms with Gasteiger partial charge in [-0.25, -0.2) is 4.98 Å². The number of halogens is 1. The standard InChI is InChI=1S/C16H24ClN7O/c1-23(2)7-4-6-18-15(25)11-5-3-8-24(9-11)14-12-13(20-10-19-12)21-16(17)22-14/h10-11H,3-9H2,1-2H3,(H,18,25)(H,19,20,21,22)/t11-/m1/s1. The molecule has 1 fully saturated rings. The van der Waals surface area contributed by atoms with Crippen molar-refractivity contribution in [3.63, 3.8) is 0 Å². The fraction of sp³-hybridized carbons (Fsp3) is 0.625. The molecule has 1 atom stereocenters. The molecule has 2 aromatic rings. The molecule has 1 aliphatic heterocycles. The molecule has 1 saturated heterocycles. The maximum absolute atomic E-state index is 12.5. The normalized spacial score (nSPS) is 18.1. The zero-order valence-corrected chi connectivity index (χ0v) is 15.4. The summed E-state index contributed by atoms with van der Waals surface area (Å²) < 4.78 is 0. The van der Waals surface area contributed by atoms with E-state index >= 15 is 0 Å².